The molecule has 0 fully saturated rings. The zero-order valence-corrected chi connectivity index (χ0v) is 7.57. The van der Waals surface area contributed by atoms with E-state index in [1.165, 1.54) is 0 Å². The molecule has 0 spiro atoms. The molecule has 0 heterocycles. The molecular weight excluding hydrogens is 226 g/mol. The van der Waals surface area contributed by atoms with Crippen LogP contribution in [-0.4, -0.2) is 18.6 Å². The molecule has 0 aliphatic heterocycles. The molecule has 0 aromatic heterocycles. The van der Waals surface area contributed by atoms with Crippen LogP contribution in [0.1, 0.15) is 0 Å². The fourth-order valence-corrected chi connectivity index (χ4v) is 2.40. The van der Waals surface area contributed by atoms with Crippen LogP contribution in [0.15, 0.2) is 0 Å². The van der Waals surface area contributed by atoms with Crippen molar-refractivity contribution in [3.63, 3.8) is 0 Å². The summed E-state index contributed by atoms with van der Waals surface area (Å²) in [5.41, 5.74) is 0. The number of hydrogen-bond donors (Lipinski definition) is 1. The Labute approximate surface area is 65.5 Å². The van der Waals surface area contributed by atoms with Gasteiger partial charge in [-0.3, -0.25) is 0 Å². The van der Waals surface area contributed by atoms with Crippen LogP contribution in [0.3, 0.4) is 0 Å². The Morgan fingerprint density at radius 2 is 1.83 bits per heavy atom. The first-order valence-corrected chi connectivity index (χ1v) is 5.89. The average molecular weight is 232 g/mol. The monoisotopic (exact) mass is 232 g/mol. The molecule has 0 saturated heterocycles. The molecule has 10 heteroatoms. The van der Waals surface area contributed by atoms with Crippen LogP contribution < -0.4 is 0 Å². The van der Waals surface area contributed by atoms with Crippen LogP contribution >= 0.6 is 15.7 Å². The Kier molecular flexibility index (Phi) is 3.26. The van der Waals surface area contributed by atoms with E-state index >= 15 is 0 Å². The Bertz CT molecular complexity index is 194. The van der Waals surface area contributed by atoms with Gasteiger partial charge in [0.05, 0.1) is 0 Å². The van der Waals surface area contributed by atoms with Crippen molar-refractivity contribution in [2.24, 2.45) is 0 Å². The van der Waals surface area contributed by atoms with Crippen molar-refractivity contribution >= 4 is 15.7 Å². The van der Waals surface area contributed by atoms with Crippen molar-refractivity contribution in [3.8, 4) is 0 Å². The molecule has 0 aromatic rings. The van der Waals surface area contributed by atoms with Crippen molar-refractivity contribution in [1.29, 1.82) is 0 Å². The molecule has 0 radical (unpaired) electrons. The van der Waals surface area contributed by atoms with Crippen LogP contribution in [0.4, 0.5) is 16.8 Å². The van der Waals surface area contributed by atoms with E-state index in [4.69, 9.17) is 5.11 Å². The van der Waals surface area contributed by atoms with Gasteiger partial charge in [-0.05, 0) is 0 Å². The molecule has 0 aliphatic rings. The van der Waals surface area contributed by atoms with E-state index in [1.807, 2.05) is 0 Å². The van der Waals surface area contributed by atoms with Crippen LogP contribution in [0, 0.1) is 0 Å². The molecule has 0 saturated carbocycles. The van der Waals surface area contributed by atoms with Crippen molar-refractivity contribution in [2.75, 3.05) is 13.5 Å². The minimum atomic E-state index is -8.34. The van der Waals surface area contributed by atoms with Crippen molar-refractivity contribution in [1.82, 2.24) is 0 Å². The summed E-state index contributed by atoms with van der Waals surface area (Å²) < 4.78 is 62.9. The molecule has 1 atom stereocenters. The Morgan fingerprint density at radius 3 is 1.92 bits per heavy atom. The molecule has 0 bridgehead atoms. The second-order valence-corrected chi connectivity index (χ2v) is 5.52. The number of aliphatic hydroxyl groups is 1. The summed E-state index contributed by atoms with van der Waals surface area (Å²) in [6.45, 7) is 0. The van der Waals surface area contributed by atoms with Crippen molar-refractivity contribution in [2.45, 2.75) is 0 Å². The topological polar surface area (TPSA) is 55.8 Å². The maximum absolute atomic E-state index is 11.5. The molecule has 0 amide bonds. The average Bonchev–Trinajstić information content (AvgIpc) is 1.83. The molecule has 0 aromatic carbocycles. The van der Waals surface area contributed by atoms with Gasteiger partial charge >= 0.3 is 64.4 Å². The summed E-state index contributed by atoms with van der Waals surface area (Å²) in [6, 6.07) is 0. The summed E-state index contributed by atoms with van der Waals surface area (Å²) in [7, 11) is -12.5. The second-order valence-electron chi connectivity index (χ2n) is 1.68. The van der Waals surface area contributed by atoms with Gasteiger partial charge in [-0.2, -0.15) is 0 Å². The van der Waals surface area contributed by atoms with Crippen LogP contribution in [0.2, 0.25) is 0 Å². The molecule has 12 heavy (non-hydrogen) atoms. The maximum atomic E-state index is 11.5. The van der Waals surface area contributed by atoms with Gasteiger partial charge in [0, 0.05) is 0 Å². The second kappa shape index (κ2) is 3.20. The summed E-state index contributed by atoms with van der Waals surface area (Å²) in [4.78, 5) is 0. The SMILES string of the molecule is COP(=O)(CO)OP(F)(F)(F)F. The Balaban J connectivity index is 4.55. The quantitative estimate of drug-likeness (QED) is 0.598. The van der Waals surface area contributed by atoms with Gasteiger partial charge in [-0.25, -0.2) is 0 Å². The molecular formula is C2H6F4O4P2. The van der Waals surface area contributed by atoms with Crippen LogP contribution in [-0.2, 0) is 13.4 Å². The van der Waals surface area contributed by atoms with Gasteiger partial charge in [0.1, 0.15) is 0 Å². The third-order valence-electron chi connectivity index (χ3n) is 0.699. The summed E-state index contributed by atoms with van der Waals surface area (Å²) in [5.74, 6) is 0. The standard InChI is InChI=1S/C2H6F4O4P2/c1-9-11(8,2-7)10-12(3,4,5)6/h7H,2H2,1H3. The molecule has 0 rings (SSSR count). The summed E-state index contributed by atoms with van der Waals surface area (Å²) >= 11 is 0. The number of halogens is 4. The molecule has 1 N–H and O–H groups in total. The van der Waals surface area contributed by atoms with Gasteiger partial charge in [0.25, 0.3) is 0 Å². The first-order valence-electron chi connectivity index (χ1n) is 2.45. The zero-order chi connectivity index (χ0) is 10.1. The van der Waals surface area contributed by atoms with Gasteiger partial charge in [0.2, 0.25) is 0 Å². The third-order valence-corrected chi connectivity index (χ3v) is 3.58. The van der Waals surface area contributed by atoms with Crippen molar-refractivity contribution < 1.29 is 35.3 Å². The van der Waals surface area contributed by atoms with E-state index in [-0.39, 0.29) is 0 Å². The van der Waals surface area contributed by atoms with Crippen LogP contribution in [0.25, 0.3) is 0 Å². The fourth-order valence-electron chi connectivity index (χ4n) is 0.305. The summed E-state index contributed by atoms with van der Waals surface area (Å²) in [5, 5.41) is 8.10. The third kappa shape index (κ3) is 5.00. The number of aliphatic hydroxyl groups excluding tert-OH is 1. The molecule has 1 unspecified atom stereocenters. The van der Waals surface area contributed by atoms with E-state index in [9.17, 15) is 21.4 Å². The Hall–Kier alpha value is 0.260. The minimum absolute atomic E-state index is 0.610. The molecule has 76 valence electrons. The first kappa shape index (κ1) is 12.3. The van der Waals surface area contributed by atoms with Gasteiger partial charge < -0.3 is 0 Å². The van der Waals surface area contributed by atoms with E-state index in [0.717, 1.165) is 0 Å². The fraction of sp³-hybridized carbons (Fsp3) is 1.00. The first-order chi connectivity index (χ1) is 5.08. The predicted molar refractivity (Wildman–Crippen MR) is 34.1 cm³/mol. The van der Waals surface area contributed by atoms with E-state index < -0.39 is 22.0 Å². The van der Waals surface area contributed by atoms with E-state index in [1.54, 1.807) is 0 Å². The Morgan fingerprint density at radius 1 is 1.42 bits per heavy atom. The molecule has 0 aliphatic carbocycles. The van der Waals surface area contributed by atoms with Gasteiger partial charge in [-0.1, -0.05) is 0 Å². The number of rotatable bonds is 4. The van der Waals surface area contributed by atoms with Crippen molar-refractivity contribution in [3.05, 3.63) is 0 Å². The normalized spacial score (nSPS) is 21.0. The van der Waals surface area contributed by atoms with Gasteiger partial charge in [-0.15, -0.1) is 0 Å². The van der Waals surface area contributed by atoms with Crippen LogP contribution in [0.5, 0.6) is 0 Å². The predicted octanol–water partition coefficient (Wildman–Crippen LogP) is 2.80. The number of hydrogen-bond acceptors (Lipinski definition) is 4. The summed E-state index contributed by atoms with van der Waals surface area (Å²) in [6.07, 6.45) is -1.52. The van der Waals surface area contributed by atoms with E-state index in [0.29, 0.717) is 7.11 Å². The van der Waals surface area contributed by atoms with Gasteiger partial charge in [0.15, 0.2) is 0 Å². The van der Waals surface area contributed by atoms with E-state index in [2.05, 4.69) is 8.83 Å². The zero-order valence-electron chi connectivity index (χ0n) is 5.79. The molecule has 4 nitrogen and oxygen atoms in total.